The molecule has 1 saturated heterocycles. The number of hydrogen-bond acceptors (Lipinski definition) is 7. The summed E-state index contributed by atoms with van der Waals surface area (Å²) in [5.41, 5.74) is 1.28. The zero-order valence-electron chi connectivity index (χ0n) is 21.3. The highest BCUT2D eigenvalue weighted by atomic mass is 16.5. The Bertz CT molecular complexity index is 1630. The van der Waals surface area contributed by atoms with Gasteiger partial charge in [-0.25, -0.2) is 9.78 Å². The first-order chi connectivity index (χ1) is 18.5. The smallest absolute Gasteiger partial charge is 0.341 e. The molecule has 10 heteroatoms. The standard InChI is InChI=1S/C28H28N4O6/c1-3-37-28(35)22-16-21-25(29-23-8-4-5-13-31(23)27(21)34)32(17-20-7-6-14-38-20)26(22)30-24(33)15-18-9-11-19(36-2)12-10-18/h4-5,8-13,16,20H,3,6-7,14-15,17H2,1-2H3/t20-/m1/s1. The van der Waals surface area contributed by atoms with Crippen LogP contribution in [0.1, 0.15) is 35.7 Å². The maximum atomic E-state index is 13.5. The summed E-state index contributed by atoms with van der Waals surface area (Å²) in [6.45, 7) is 2.70. The van der Waals surface area contributed by atoms with Gasteiger partial charge in [0.25, 0.3) is 11.5 Å². The van der Waals surface area contributed by atoms with Gasteiger partial charge in [0, 0.05) is 12.8 Å². The van der Waals surface area contributed by atoms with Crippen LogP contribution in [-0.4, -0.2) is 52.3 Å². The quantitative estimate of drug-likeness (QED) is 0.274. The summed E-state index contributed by atoms with van der Waals surface area (Å²) in [6.07, 6.45) is 3.14. The van der Waals surface area contributed by atoms with Crippen molar-refractivity contribution in [1.82, 2.24) is 14.0 Å². The fraction of sp³-hybridized carbons (Fsp3) is 0.321. The van der Waals surface area contributed by atoms with Crippen molar-refractivity contribution in [3.05, 3.63) is 81.7 Å². The van der Waals surface area contributed by atoms with Crippen molar-refractivity contribution < 1.29 is 23.8 Å². The Morgan fingerprint density at radius 1 is 1.18 bits per heavy atom. The molecule has 1 aliphatic heterocycles. The predicted molar refractivity (Wildman–Crippen MR) is 139 cm³/mol. The lowest BCUT2D eigenvalue weighted by Gasteiger charge is -2.18. The molecule has 196 valence electrons. The van der Waals surface area contributed by atoms with Gasteiger partial charge in [0.15, 0.2) is 5.49 Å². The van der Waals surface area contributed by atoms with E-state index < -0.39 is 11.9 Å². The molecule has 1 aliphatic rings. The molecule has 4 heterocycles. The topological polar surface area (TPSA) is 113 Å². The molecular weight excluding hydrogens is 488 g/mol. The molecule has 0 aliphatic carbocycles. The molecule has 4 aromatic rings. The summed E-state index contributed by atoms with van der Waals surface area (Å²) >= 11 is 0. The molecule has 0 N–H and O–H groups in total. The number of aromatic nitrogens is 3. The SMILES string of the molecule is CCOC(=O)c1cc2c(=O)n3ccccc3nc2n(C[C@H]2CCCO2)c1=NC(=O)Cc1ccc(OC)cc1. The van der Waals surface area contributed by atoms with E-state index in [0.29, 0.717) is 23.7 Å². The Labute approximate surface area is 218 Å². The second-order valence-electron chi connectivity index (χ2n) is 8.96. The first-order valence-electron chi connectivity index (χ1n) is 12.5. The van der Waals surface area contributed by atoms with Crippen LogP contribution in [0.25, 0.3) is 16.7 Å². The van der Waals surface area contributed by atoms with Gasteiger partial charge in [0.05, 0.1) is 38.2 Å². The maximum absolute atomic E-state index is 13.5. The van der Waals surface area contributed by atoms with Crippen molar-refractivity contribution in [2.45, 2.75) is 38.8 Å². The minimum absolute atomic E-state index is 0.0119. The third-order valence-electron chi connectivity index (χ3n) is 6.44. The molecule has 5 rings (SSSR count). The number of carbonyl (C=O) groups is 2. The summed E-state index contributed by atoms with van der Waals surface area (Å²) in [4.78, 5) is 48.9. The van der Waals surface area contributed by atoms with E-state index in [4.69, 9.17) is 19.2 Å². The van der Waals surface area contributed by atoms with Crippen LogP contribution in [0.2, 0.25) is 0 Å². The first-order valence-corrected chi connectivity index (χ1v) is 12.5. The molecule has 1 amide bonds. The van der Waals surface area contributed by atoms with Crippen LogP contribution in [0.5, 0.6) is 5.75 Å². The molecule has 0 radical (unpaired) electrons. The number of amides is 1. The van der Waals surface area contributed by atoms with E-state index in [1.807, 2.05) is 0 Å². The summed E-state index contributed by atoms with van der Waals surface area (Å²) in [6, 6.07) is 13.8. The molecule has 0 saturated carbocycles. The zero-order chi connectivity index (χ0) is 26.6. The fourth-order valence-electron chi connectivity index (χ4n) is 4.60. The molecule has 38 heavy (non-hydrogen) atoms. The highest BCUT2D eigenvalue weighted by Gasteiger charge is 2.23. The Kier molecular flexibility index (Phi) is 7.32. The number of carbonyl (C=O) groups excluding carboxylic acids is 2. The van der Waals surface area contributed by atoms with Crippen molar-refractivity contribution in [3.63, 3.8) is 0 Å². The molecule has 0 unspecified atom stereocenters. The second kappa shape index (κ2) is 11.0. The first kappa shape index (κ1) is 25.3. The molecule has 1 fully saturated rings. The minimum atomic E-state index is -0.677. The van der Waals surface area contributed by atoms with Crippen molar-refractivity contribution >= 4 is 28.6 Å². The number of ether oxygens (including phenoxy) is 3. The van der Waals surface area contributed by atoms with Crippen molar-refractivity contribution in [1.29, 1.82) is 0 Å². The molecule has 1 aromatic carbocycles. The highest BCUT2D eigenvalue weighted by molar-refractivity contribution is 5.93. The lowest BCUT2D eigenvalue weighted by molar-refractivity contribution is -0.117. The van der Waals surface area contributed by atoms with Crippen LogP contribution in [0.4, 0.5) is 0 Å². The second-order valence-corrected chi connectivity index (χ2v) is 8.96. The van der Waals surface area contributed by atoms with Crippen LogP contribution in [0, 0.1) is 0 Å². The molecule has 3 aromatic heterocycles. The Morgan fingerprint density at radius 2 is 2.00 bits per heavy atom. The van der Waals surface area contributed by atoms with E-state index in [1.165, 1.54) is 10.5 Å². The number of benzene rings is 1. The van der Waals surface area contributed by atoms with Gasteiger partial charge in [-0.15, -0.1) is 0 Å². The van der Waals surface area contributed by atoms with Gasteiger partial charge in [0.1, 0.15) is 22.6 Å². The number of hydrogen-bond donors (Lipinski definition) is 0. The summed E-state index contributed by atoms with van der Waals surface area (Å²) in [5, 5.41) is 0.219. The normalized spacial score (nSPS) is 15.7. The van der Waals surface area contributed by atoms with Crippen LogP contribution in [0.3, 0.4) is 0 Å². The van der Waals surface area contributed by atoms with Crippen LogP contribution < -0.4 is 15.8 Å². The summed E-state index contributed by atoms with van der Waals surface area (Å²) in [5.74, 6) is -0.459. The third-order valence-corrected chi connectivity index (χ3v) is 6.44. The Balaban J connectivity index is 1.74. The predicted octanol–water partition coefficient (Wildman–Crippen LogP) is 2.68. The minimum Gasteiger partial charge on any atom is -0.497 e. The monoisotopic (exact) mass is 516 g/mol. The van der Waals surface area contributed by atoms with Gasteiger partial charge in [-0.3, -0.25) is 14.0 Å². The summed E-state index contributed by atoms with van der Waals surface area (Å²) in [7, 11) is 1.57. The van der Waals surface area contributed by atoms with Crippen molar-refractivity contribution in [3.8, 4) is 5.75 Å². The van der Waals surface area contributed by atoms with E-state index in [2.05, 4.69) is 4.99 Å². The van der Waals surface area contributed by atoms with Crippen LogP contribution in [-0.2, 0) is 27.2 Å². The molecule has 0 spiro atoms. The van der Waals surface area contributed by atoms with Gasteiger partial charge in [-0.05, 0) is 55.7 Å². The average molecular weight is 517 g/mol. The van der Waals surface area contributed by atoms with Crippen LogP contribution in [0.15, 0.2) is 64.5 Å². The number of rotatable bonds is 7. The van der Waals surface area contributed by atoms with Crippen LogP contribution >= 0.6 is 0 Å². The maximum Gasteiger partial charge on any atom is 0.341 e. The Morgan fingerprint density at radius 3 is 2.71 bits per heavy atom. The van der Waals surface area contributed by atoms with Gasteiger partial charge in [-0.2, -0.15) is 4.99 Å². The van der Waals surface area contributed by atoms with E-state index in [1.54, 1.807) is 67.3 Å². The molecule has 1 atom stereocenters. The van der Waals surface area contributed by atoms with E-state index in [9.17, 15) is 14.4 Å². The molecule has 10 nitrogen and oxygen atoms in total. The average Bonchev–Trinajstić information content (AvgIpc) is 3.44. The number of pyridine rings is 2. The lowest BCUT2D eigenvalue weighted by Crippen LogP contribution is -2.35. The zero-order valence-corrected chi connectivity index (χ0v) is 21.3. The number of nitrogens with zero attached hydrogens (tertiary/aromatic N) is 4. The van der Waals surface area contributed by atoms with Crippen molar-refractivity contribution in [2.24, 2.45) is 4.99 Å². The molecule has 0 bridgehead atoms. The van der Waals surface area contributed by atoms with E-state index >= 15 is 0 Å². The molecular formula is C28H28N4O6. The Hall–Kier alpha value is -4.31. The number of fused-ring (bicyclic) bond motifs is 2. The van der Waals surface area contributed by atoms with E-state index in [-0.39, 0.29) is 47.7 Å². The fourth-order valence-corrected chi connectivity index (χ4v) is 4.60. The van der Waals surface area contributed by atoms with Crippen molar-refractivity contribution in [2.75, 3.05) is 20.3 Å². The number of methoxy groups -OCH3 is 1. The van der Waals surface area contributed by atoms with Gasteiger partial charge < -0.3 is 18.8 Å². The van der Waals surface area contributed by atoms with Gasteiger partial charge >= 0.3 is 5.97 Å². The number of esters is 1. The largest absolute Gasteiger partial charge is 0.497 e. The van der Waals surface area contributed by atoms with Gasteiger partial charge in [-0.1, -0.05) is 18.2 Å². The third kappa shape index (κ3) is 5.08. The summed E-state index contributed by atoms with van der Waals surface area (Å²) < 4.78 is 19.4. The highest BCUT2D eigenvalue weighted by Crippen LogP contribution is 2.18. The lowest BCUT2D eigenvalue weighted by atomic mass is 10.1. The van der Waals surface area contributed by atoms with Gasteiger partial charge in [0.2, 0.25) is 0 Å². The van der Waals surface area contributed by atoms with E-state index in [0.717, 1.165) is 18.4 Å².